The van der Waals surface area contributed by atoms with E-state index in [0.717, 1.165) is 11.1 Å². The monoisotopic (exact) mass is 239 g/mol. The zero-order chi connectivity index (χ0) is 11.9. The molecule has 0 aromatic heterocycles. The van der Waals surface area contributed by atoms with Crippen LogP contribution >= 0.6 is 0 Å². The van der Waals surface area contributed by atoms with E-state index in [1.54, 1.807) is 0 Å². The van der Waals surface area contributed by atoms with Crippen molar-refractivity contribution in [3.63, 3.8) is 0 Å². The van der Waals surface area contributed by atoms with Gasteiger partial charge in [-0.1, -0.05) is 25.1 Å². The highest BCUT2D eigenvalue weighted by Gasteiger charge is 2.34. The number of hydrogen-bond donors (Lipinski definition) is 1. The maximum Gasteiger partial charge on any atom is 0.179 e. The van der Waals surface area contributed by atoms with Crippen molar-refractivity contribution in [2.45, 2.75) is 30.7 Å². The van der Waals surface area contributed by atoms with Crippen molar-refractivity contribution in [3.8, 4) is 0 Å². The van der Waals surface area contributed by atoms with Gasteiger partial charge >= 0.3 is 0 Å². The fourth-order valence-corrected chi connectivity index (χ4v) is 4.56. The van der Waals surface area contributed by atoms with Crippen molar-refractivity contribution in [1.29, 1.82) is 0 Å². The lowest BCUT2D eigenvalue weighted by molar-refractivity contribution is 0.591. The topological polar surface area (TPSA) is 46.2 Å². The Morgan fingerprint density at radius 1 is 1.44 bits per heavy atom. The SMILES string of the molecule is CNC(C)c1cccc2c1S(=O)(=O)CC2C. The fourth-order valence-electron chi connectivity index (χ4n) is 2.32. The summed E-state index contributed by atoms with van der Waals surface area (Å²) in [7, 11) is -1.24. The Hall–Kier alpha value is -0.870. The minimum absolute atomic E-state index is 0.0648. The molecule has 1 aromatic carbocycles. The lowest BCUT2D eigenvalue weighted by Gasteiger charge is -2.14. The van der Waals surface area contributed by atoms with Crippen LogP contribution in [0, 0.1) is 0 Å². The molecule has 1 aliphatic rings. The molecule has 0 fully saturated rings. The van der Waals surface area contributed by atoms with Gasteiger partial charge in [0.1, 0.15) is 0 Å². The molecular formula is C12H17NO2S. The number of hydrogen-bond acceptors (Lipinski definition) is 3. The predicted octanol–water partition coefficient (Wildman–Crippen LogP) is 1.86. The smallest absolute Gasteiger partial charge is 0.179 e. The number of nitrogens with one attached hydrogen (secondary N) is 1. The van der Waals surface area contributed by atoms with E-state index in [4.69, 9.17) is 0 Å². The molecule has 16 heavy (non-hydrogen) atoms. The number of fused-ring (bicyclic) bond motifs is 1. The second-order valence-corrected chi connectivity index (χ2v) is 6.43. The van der Waals surface area contributed by atoms with Crippen molar-refractivity contribution in [2.24, 2.45) is 0 Å². The van der Waals surface area contributed by atoms with Crippen LogP contribution in [0.25, 0.3) is 0 Å². The van der Waals surface area contributed by atoms with Gasteiger partial charge in [0.2, 0.25) is 0 Å². The number of benzene rings is 1. The third-order valence-corrected chi connectivity index (χ3v) is 5.32. The molecule has 0 saturated heterocycles. The second-order valence-electron chi connectivity index (χ2n) is 4.46. The van der Waals surface area contributed by atoms with E-state index in [1.165, 1.54) is 0 Å². The van der Waals surface area contributed by atoms with Crippen LogP contribution in [0.5, 0.6) is 0 Å². The Morgan fingerprint density at radius 3 is 2.75 bits per heavy atom. The normalized spacial score (nSPS) is 24.1. The number of sulfone groups is 1. The van der Waals surface area contributed by atoms with E-state index in [0.29, 0.717) is 4.90 Å². The molecule has 3 nitrogen and oxygen atoms in total. The molecule has 0 radical (unpaired) electrons. The molecule has 1 aliphatic heterocycles. The predicted molar refractivity (Wildman–Crippen MR) is 64.4 cm³/mol. The first-order chi connectivity index (χ1) is 7.47. The fraction of sp³-hybridized carbons (Fsp3) is 0.500. The highest BCUT2D eigenvalue weighted by atomic mass is 32.2. The van der Waals surface area contributed by atoms with Gasteiger partial charge in [-0.15, -0.1) is 0 Å². The van der Waals surface area contributed by atoms with Crippen molar-refractivity contribution in [2.75, 3.05) is 12.8 Å². The highest BCUT2D eigenvalue weighted by molar-refractivity contribution is 7.91. The quantitative estimate of drug-likeness (QED) is 0.857. The number of rotatable bonds is 2. The average Bonchev–Trinajstić information content (AvgIpc) is 2.49. The summed E-state index contributed by atoms with van der Waals surface area (Å²) in [6, 6.07) is 5.83. The van der Waals surface area contributed by atoms with E-state index < -0.39 is 9.84 Å². The summed E-state index contributed by atoms with van der Waals surface area (Å²) in [5.74, 6) is 0.361. The molecule has 0 aliphatic carbocycles. The first-order valence-corrected chi connectivity index (χ1v) is 7.15. The molecule has 2 unspecified atom stereocenters. The Balaban J connectivity index is 2.68. The first kappa shape index (κ1) is 11.6. The zero-order valence-electron chi connectivity index (χ0n) is 9.82. The Bertz CT molecular complexity index is 508. The summed E-state index contributed by atoms with van der Waals surface area (Å²) in [6.07, 6.45) is 0. The second kappa shape index (κ2) is 3.86. The zero-order valence-corrected chi connectivity index (χ0v) is 10.6. The van der Waals surface area contributed by atoms with Crippen LogP contribution in [0.15, 0.2) is 23.1 Å². The average molecular weight is 239 g/mol. The van der Waals surface area contributed by atoms with Gasteiger partial charge < -0.3 is 5.32 Å². The Labute approximate surface area is 96.8 Å². The lowest BCUT2D eigenvalue weighted by Crippen LogP contribution is -2.15. The van der Waals surface area contributed by atoms with Gasteiger partial charge in [0.25, 0.3) is 0 Å². The van der Waals surface area contributed by atoms with E-state index in [2.05, 4.69) is 5.32 Å². The maximum absolute atomic E-state index is 12.1. The Kier molecular flexibility index (Phi) is 2.80. The van der Waals surface area contributed by atoms with Crippen LogP contribution in [-0.4, -0.2) is 21.2 Å². The van der Waals surface area contributed by atoms with Crippen molar-refractivity contribution in [1.82, 2.24) is 5.32 Å². The molecule has 0 bridgehead atoms. The van der Waals surface area contributed by atoms with Gasteiger partial charge in [0.05, 0.1) is 10.6 Å². The van der Waals surface area contributed by atoms with Crippen LogP contribution in [-0.2, 0) is 9.84 Å². The molecule has 1 N–H and O–H groups in total. The molecule has 0 saturated carbocycles. The molecular weight excluding hydrogens is 222 g/mol. The van der Waals surface area contributed by atoms with E-state index >= 15 is 0 Å². The van der Waals surface area contributed by atoms with Gasteiger partial charge in [0.15, 0.2) is 9.84 Å². The standard InChI is InChI=1S/C12H17NO2S/c1-8-7-16(14,15)12-10(8)5-4-6-11(12)9(2)13-3/h4-6,8-9,13H,7H2,1-3H3. The minimum atomic E-state index is -3.08. The van der Waals surface area contributed by atoms with Crippen LogP contribution < -0.4 is 5.32 Å². The van der Waals surface area contributed by atoms with Gasteiger partial charge in [-0.25, -0.2) is 8.42 Å². The molecule has 4 heteroatoms. The third kappa shape index (κ3) is 1.66. The van der Waals surface area contributed by atoms with Gasteiger partial charge in [-0.3, -0.25) is 0 Å². The summed E-state index contributed by atoms with van der Waals surface area (Å²) in [5.41, 5.74) is 1.86. The molecule has 2 atom stereocenters. The van der Waals surface area contributed by atoms with Crippen LogP contribution in [0.2, 0.25) is 0 Å². The van der Waals surface area contributed by atoms with E-state index in [1.807, 2.05) is 39.1 Å². The molecule has 0 amide bonds. The van der Waals surface area contributed by atoms with Crippen LogP contribution in [0.4, 0.5) is 0 Å². The first-order valence-electron chi connectivity index (χ1n) is 5.50. The van der Waals surface area contributed by atoms with Gasteiger partial charge in [-0.05, 0) is 31.0 Å². The third-order valence-electron chi connectivity index (χ3n) is 3.29. The molecule has 1 aromatic rings. The van der Waals surface area contributed by atoms with Crippen molar-refractivity contribution >= 4 is 9.84 Å². The summed E-state index contributed by atoms with van der Waals surface area (Å²) < 4.78 is 24.2. The summed E-state index contributed by atoms with van der Waals surface area (Å²) in [5, 5.41) is 3.10. The minimum Gasteiger partial charge on any atom is -0.313 e. The maximum atomic E-state index is 12.1. The summed E-state index contributed by atoms with van der Waals surface area (Å²) >= 11 is 0. The summed E-state index contributed by atoms with van der Waals surface area (Å²) in [4.78, 5) is 0.560. The molecule has 2 rings (SSSR count). The largest absolute Gasteiger partial charge is 0.313 e. The van der Waals surface area contributed by atoms with Crippen LogP contribution in [0.1, 0.15) is 36.9 Å². The molecule has 1 heterocycles. The van der Waals surface area contributed by atoms with Crippen molar-refractivity contribution < 1.29 is 8.42 Å². The molecule has 88 valence electrons. The Morgan fingerprint density at radius 2 is 2.12 bits per heavy atom. The highest BCUT2D eigenvalue weighted by Crippen LogP contribution is 2.38. The summed E-state index contributed by atoms with van der Waals surface area (Å²) in [6.45, 7) is 3.95. The lowest BCUT2D eigenvalue weighted by atomic mass is 9.98. The van der Waals surface area contributed by atoms with Gasteiger partial charge in [0, 0.05) is 6.04 Å². The van der Waals surface area contributed by atoms with Crippen LogP contribution in [0.3, 0.4) is 0 Å². The van der Waals surface area contributed by atoms with Gasteiger partial charge in [-0.2, -0.15) is 0 Å². The van der Waals surface area contributed by atoms with Crippen molar-refractivity contribution in [3.05, 3.63) is 29.3 Å². The van der Waals surface area contributed by atoms with E-state index in [-0.39, 0.29) is 17.7 Å². The van der Waals surface area contributed by atoms with E-state index in [9.17, 15) is 8.42 Å². The molecule has 0 spiro atoms.